The smallest absolute Gasteiger partial charge is 0.393 e. The lowest BCUT2D eigenvalue weighted by molar-refractivity contribution is -0.186. The van der Waals surface area contributed by atoms with Crippen molar-refractivity contribution in [2.24, 2.45) is 5.92 Å². The molecule has 124 valence electrons. The van der Waals surface area contributed by atoms with Crippen LogP contribution in [-0.4, -0.2) is 55.9 Å². The van der Waals surface area contributed by atoms with Crippen LogP contribution in [0.15, 0.2) is 0 Å². The first-order chi connectivity index (χ1) is 9.88. The van der Waals surface area contributed by atoms with Gasteiger partial charge in [0.15, 0.2) is 0 Å². The molecule has 0 aliphatic carbocycles. The maximum atomic E-state index is 12.7. The number of nitrogens with zero attached hydrogens (tertiary/aromatic N) is 1. The monoisotopic (exact) mass is 310 g/mol. The zero-order chi connectivity index (χ0) is 15.9. The van der Waals surface area contributed by atoms with Crippen LogP contribution < -0.4 is 5.32 Å². The summed E-state index contributed by atoms with van der Waals surface area (Å²) in [5.41, 5.74) is 0. The fourth-order valence-electron chi connectivity index (χ4n) is 2.63. The van der Waals surface area contributed by atoms with Crippen LogP contribution in [0, 0.1) is 5.92 Å². The molecule has 1 rings (SSSR count). The molecule has 1 heterocycles. The first-order valence-corrected chi connectivity index (χ1v) is 7.57. The van der Waals surface area contributed by atoms with Gasteiger partial charge in [-0.2, -0.15) is 13.2 Å². The number of hydrogen-bond acceptors (Lipinski definition) is 4. The minimum absolute atomic E-state index is 0.0329. The molecule has 1 aliphatic heterocycles. The summed E-state index contributed by atoms with van der Waals surface area (Å²) in [5, 5.41) is 3.02. The molecule has 7 heteroatoms. The third-order valence-corrected chi connectivity index (χ3v) is 3.72. The van der Waals surface area contributed by atoms with Crippen LogP contribution in [0.1, 0.15) is 33.1 Å². The lowest BCUT2D eigenvalue weighted by Crippen LogP contribution is -2.45. The van der Waals surface area contributed by atoms with Crippen LogP contribution in [0.5, 0.6) is 0 Å². The lowest BCUT2D eigenvalue weighted by Gasteiger charge is -2.34. The minimum Gasteiger partial charge on any atom is -0.465 e. The number of halogens is 3. The van der Waals surface area contributed by atoms with E-state index < -0.39 is 18.1 Å². The summed E-state index contributed by atoms with van der Waals surface area (Å²) >= 11 is 0. The first kappa shape index (κ1) is 18.2. The average Bonchev–Trinajstić information content (AvgIpc) is 2.43. The molecule has 1 N–H and O–H groups in total. The van der Waals surface area contributed by atoms with Crippen molar-refractivity contribution in [2.45, 2.75) is 45.3 Å². The predicted molar refractivity (Wildman–Crippen MR) is 73.9 cm³/mol. The quantitative estimate of drug-likeness (QED) is 0.732. The van der Waals surface area contributed by atoms with E-state index in [9.17, 15) is 18.0 Å². The van der Waals surface area contributed by atoms with Crippen LogP contribution in [0.3, 0.4) is 0 Å². The van der Waals surface area contributed by atoms with Crippen LogP contribution in [0.2, 0.25) is 0 Å². The largest absolute Gasteiger partial charge is 0.465 e. The molecule has 1 saturated heterocycles. The Morgan fingerprint density at radius 2 is 2.14 bits per heavy atom. The Hall–Kier alpha value is -0.820. The number of esters is 1. The standard InChI is InChI=1S/C14H25F3N2O2/c1-3-18-12(13(20)21-4-2)7-9-19-8-5-6-11(10-19)14(15,16)17/h11-12,18H,3-10H2,1-2H3. The van der Waals surface area contributed by atoms with Crippen molar-refractivity contribution in [1.82, 2.24) is 10.2 Å². The molecule has 0 aromatic rings. The van der Waals surface area contributed by atoms with Gasteiger partial charge in [0, 0.05) is 13.1 Å². The molecule has 0 bridgehead atoms. The van der Waals surface area contributed by atoms with Crippen molar-refractivity contribution in [3.05, 3.63) is 0 Å². The zero-order valence-electron chi connectivity index (χ0n) is 12.7. The molecular formula is C14H25F3N2O2. The van der Waals surface area contributed by atoms with Crippen molar-refractivity contribution >= 4 is 5.97 Å². The summed E-state index contributed by atoms with van der Waals surface area (Å²) in [6.45, 7) is 5.71. The highest BCUT2D eigenvalue weighted by Crippen LogP contribution is 2.33. The number of alkyl halides is 3. The summed E-state index contributed by atoms with van der Waals surface area (Å²) in [6.07, 6.45) is -2.90. The van der Waals surface area contributed by atoms with Gasteiger partial charge in [0.25, 0.3) is 0 Å². The molecule has 2 atom stereocenters. The van der Waals surface area contributed by atoms with Gasteiger partial charge in [-0.25, -0.2) is 0 Å². The van der Waals surface area contributed by atoms with E-state index in [0.29, 0.717) is 39.1 Å². The molecule has 1 fully saturated rings. The highest BCUT2D eigenvalue weighted by molar-refractivity contribution is 5.75. The molecule has 21 heavy (non-hydrogen) atoms. The van der Waals surface area contributed by atoms with Crippen LogP contribution >= 0.6 is 0 Å². The molecule has 4 nitrogen and oxygen atoms in total. The van der Waals surface area contributed by atoms with Gasteiger partial charge in [-0.15, -0.1) is 0 Å². The van der Waals surface area contributed by atoms with Gasteiger partial charge in [-0.3, -0.25) is 4.79 Å². The summed E-state index contributed by atoms with van der Waals surface area (Å²) in [6, 6.07) is -0.443. The van der Waals surface area contributed by atoms with E-state index in [1.165, 1.54) is 0 Å². The van der Waals surface area contributed by atoms with Gasteiger partial charge < -0.3 is 15.0 Å². The number of likely N-dealkylation sites (tertiary alicyclic amines) is 1. The topological polar surface area (TPSA) is 41.6 Å². The van der Waals surface area contributed by atoms with Gasteiger partial charge >= 0.3 is 12.1 Å². The van der Waals surface area contributed by atoms with Crippen LogP contribution in [0.4, 0.5) is 13.2 Å². The minimum atomic E-state index is -4.12. The predicted octanol–water partition coefficient (Wildman–Crippen LogP) is 2.19. The maximum absolute atomic E-state index is 12.7. The third-order valence-electron chi connectivity index (χ3n) is 3.72. The second-order valence-electron chi connectivity index (χ2n) is 5.33. The first-order valence-electron chi connectivity index (χ1n) is 7.57. The van der Waals surface area contributed by atoms with E-state index in [-0.39, 0.29) is 18.9 Å². The molecule has 1 aliphatic rings. The zero-order valence-corrected chi connectivity index (χ0v) is 12.7. The number of nitrogens with one attached hydrogen (secondary N) is 1. The van der Waals surface area contributed by atoms with E-state index >= 15 is 0 Å². The second kappa shape index (κ2) is 8.58. The van der Waals surface area contributed by atoms with E-state index in [1.807, 2.05) is 6.92 Å². The highest BCUT2D eigenvalue weighted by Gasteiger charge is 2.41. The van der Waals surface area contributed by atoms with Crippen molar-refractivity contribution in [2.75, 3.05) is 32.8 Å². The van der Waals surface area contributed by atoms with Gasteiger partial charge in [0.2, 0.25) is 0 Å². The Labute approximate surface area is 124 Å². The van der Waals surface area contributed by atoms with E-state index in [0.717, 1.165) is 0 Å². The lowest BCUT2D eigenvalue weighted by atomic mass is 9.97. The number of hydrogen-bond donors (Lipinski definition) is 1. The Morgan fingerprint density at radius 1 is 1.43 bits per heavy atom. The number of likely N-dealkylation sites (N-methyl/N-ethyl adjacent to an activating group) is 1. The van der Waals surface area contributed by atoms with Gasteiger partial charge in [0.05, 0.1) is 12.5 Å². The van der Waals surface area contributed by atoms with E-state index in [2.05, 4.69) is 5.32 Å². The highest BCUT2D eigenvalue weighted by atomic mass is 19.4. The normalized spacial score (nSPS) is 22.0. The Kier molecular flexibility index (Phi) is 7.45. The fourth-order valence-corrected chi connectivity index (χ4v) is 2.63. The number of carbonyl (C=O) groups excluding carboxylic acids is 1. The second-order valence-corrected chi connectivity index (χ2v) is 5.33. The van der Waals surface area contributed by atoms with Gasteiger partial charge in [-0.1, -0.05) is 6.92 Å². The summed E-state index contributed by atoms with van der Waals surface area (Å²) in [4.78, 5) is 13.5. The molecule has 0 radical (unpaired) electrons. The molecule has 0 aromatic carbocycles. The van der Waals surface area contributed by atoms with Crippen LogP contribution in [0.25, 0.3) is 0 Å². The molecule has 0 spiro atoms. The average molecular weight is 310 g/mol. The number of ether oxygens (including phenoxy) is 1. The Balaban J connectivity index is 2.45. The number of rotatable bonds is 7. The number of carbonyl (C=O) groups is 1. The summed E-state index contributed by atoms with van der Waals surface area (Å²) < 4.78 is 43.2. The number of piperidine rings is 1. The van der Waals surface area contributed by atoms with Crippen molar-refractivity contribution in [3.63, 3.8) is 0 Å². The fraction of sp³-hybridized carbons (Fsp3) is 0.929. The van der Waals surface area contributed by atoms with Crippen molar-refractivity contribution in [3.8, 4) is 0 Å². The molecule has 0 amide bonds. The van der Waals surface area contributed by atoms with Crippen LogP contribution in [-0.2, 0) is 9.53 Å². The van der Waals surface area contributed by atoms with Gasteiger partial charge in [-0.05, 0) is 39.3 Å². The van der Waals surface area contributed by atoms with E-state index in [1.54, 1.807) is 11.8 Å². The molecule has 0 saturated carbocycles. The third kappa shape index (κ3) is 6.22. The summed E-state index contributed by atoms with van der Waals surface area (Å²) in [5.74, 6) is -1.57. The van der Waals surface area contributed by atoms with Crippen molar-refractivity contribution in [1.29, 1.82) is 0 Å². The molecule has 2 unspecified atom stereocenters. The Bertz CT molecular complexity index is 324. The molecular weight excluding hydrogens is 285 g/mol. The molecule has 0 aromatic heterocycles. The SMILES string of the molecule is CCNC(CCN1CCCC(C(F)(F)F)C1)C(=O)OCC. The maximum Gasteiger partial charge on any atom is 0.393 e. The Morgan fingerprint density at radius 3 is 2.71 bits per heavy atom. The van der Waals surface area contributed by atoms with Crippen molar-refractivity contribution < 1.29 is 22.7 Å². The van der Waals surface area contributed by atoms with Gasteiger partial charge in [0.1, 0.15) is 6.04 Å². The van der Waals surface area contributed by atoms with E-state index in [4.69, 9.17) is 4.74 Å². The summed E-state index contributed by atoms with van der Waals surface area (Å²) in [7, 11) is 0.